The molecule has 6 heteroatoms. The first kappa shape index (κ1) is 15.1. The van der Waals surface area contributed by atoms with Gasteiger partial charge in [-0.3, -0.25) is 10.1 Å². The Balaban J connectivity index is 2.09. The standard InChI is InChI=1S/C13H17NO5/c1-2-7-17-8-9-18-10-11-19-13-5-3-12(4-6-13)14(15)16/h2-6H,1,7-11H2. The van der Waals surface area contributed by atoms with Crippen molar-refractivity contribution in [1.29, 1.82) is 0 Å². The van der Waals surface area contributed by atoms with Crippen LogP contribution in [0.4, 0.5) is 5.69 Å². The highest BCUT2D eigenvalue weighted by Gasteiger charge is 2.03. The van der Waals surface area contributed by atoms with E-state index in [9.17, 15) is 10.1 Å². The molecule has 0 fully saturated rings. The quantitative estimate of drug-likeness (QED) is 0.281. The van der Waals surface area contributed by atoms with Gasteiger partial charge in [-0.1, -0.05) is 6.08 Å². The smallest absolute Gasteiger partial charge is 0.269 e. The maximum atomic E-state index is 10.4. The van der Waals surface area contributed by atoms with E-state index in [2.05, 4.69) is 6.58 Å². The second-order valence-electron chi connectivity index (χ2n) is 3.58. The van der Waals surface area contributed by atoms with Gasteiger partial charge in [-0.15, -0.1) is 6.58 Å². The SMILES string of the molecule is C=CCOCCOCCOc1ccc([N+](=O)[O-])cc1. The van der Waals surface area contributed by atoms with Crippen molar-refractivity contribution >= 4 is 5.69 Å². The highest BCUT2D eigenvalue weighted by molar-refractivity contribution is 5.35. The van der Waals surface area contributed by atoms with Crippen molar-refractivity contribution in [2.24, 2.45) is 0 Å². The molecule has 0 spiro atoms. The Kier molecular flexibility index (Phi) is 7.23. The minimum atomic E-state index is -0.448. The van der Waals surface area contributed by atoms with Crippen LogP contribution in [-0.2, 0) is 9.47 Å². The minimum Gasteiger partial charge on any atom is -0.491 e. The molecular weight excluding hydrogens is 250 g/mol. The molecule has 104 valence electrons. The van der Waals surface area contributed by atoms with Crippen molar-refractivity contribution in [3.8, 4) is 5.75 Å². The molecule has 0 saturated carbocycles. The van der Waals surface area contributed by atoms with Crippen molar-refractivity contribution in [3.63, 3.8) is 0 Å². The van der Waals surface area contributed by atoms with Gasteiger partial charge in [-0.25, -0.2) is 0 Å². The number of benzene rings is 1. The Morgan fingerprint density at radius 1 is 1.11 bits per heavy atom. The third-order valence-electron chi connectivity index (χ3n) is 2.15. The summed E-state index contributed by atoms with van der Waals surface area (Å²) in [5.74, 6) is 0.581. The minimum absolute atomic E-state index is 0.0444. The fourth-order valence-corrected chi connectivity index (χ4v) is 1.27. The summed E-state index contributed by atoms with van der Waals surface area (Å²) in [7, 11) is 0. The van der Waals surface area contributed by atoms with Gasteiger partial charge in [0.15, 0.2) is 0 Å². The topological polar surface area (TPSA) is 70.8 Å². The van der Waals surface area contributed by atoms with E-state index in [-0.39, 0.29) is 5.69 Å². The third-order valence-corrected chi connectivity index (χ3v) is 2.15. The molecule has 0 amide bonds. The third kappa shape index (κ3) is 6.54. The van der Waals surface area contributed by atoms with Crippen molar-refractivity contribution in [1.82, 2.24) is 0 Å². The zero-order valence-corrected chi connectivity index (χ0v) is 10.6. The molecule has 0 aliphatic carbocycles. The van der Waals surface area contributed by atoms with Gasteiger partial charge in [-0.2, -0.15) is 0 Å². The molecule has 19 heavy (non-hydrogen) atoms. The van der Waals surface area contributed by atoms with Gasteiger partial charge in [0.1, 0.15) is 12.4 Å². The largest absolute Gasteiger partial charge is 0.491 e. The second-order valence-corrected chi connectivity index (χ2v) is 3.58. The van der Waals surface area contributed by atoms with Gasteiger partial charge in [-0.05, 0) is 12.1 Å². The average molecular weight is 267 g/mol. The van der Waals surface area contributed by atoms with Crippen LogP contribution >= 0.6 is 0 Å². The van der Waals surface area contributed by atoms with E-state index >= 15 is 0 Å². The van der Waals surface area contributed by atoms with Crippen molar-refractivity contribution < 1.29 is 19.1 Å². The van der Waals surface area contributed by atoms with E-state index in [4.69, 9.17) is 14.2 Å². The number of rotatable bonds is 10. The summed E-state index contributed by atoms with van der Waals surface area (Å²) >= 11 is 0. The molecule has 1 rings (SSSR count). The maximum Gasteiger partial charge on any atom is 0.269 e. The monoisotopic (exact) mass is 267 g/mol. The van der Waals surface area contributed by atoms with Crippen LogP contribution in [0.3, 0.4) is 0 Å². The lowest BCUT2D eigenvalue weighted by Crippen LogP contribution is -2.10. The first-order valence-corrected chi connectivity index (χ1v) is 5.87. The molecule has 1 aromatic rings. The van der Waals surface area contributed by atoms with Crippen LogP contribution in [0.25, 0.3) is 0 Å². The Bertz CT molecular complexity index is 391. The second kappa shape index (κ2) is 9.07. The van der Waals surface area contributed by atoms with Crippen molar-refractivity contribution in [3.05, 3.63) is 47.0 Å². The molecule has 0 aliphatic rings. The molecule has 1 aromatic carbocycles. The van der Waals surface area contributed by atoms with Crippen LogP contribution in [0.15, 0.2) is 36.9 Å². The van der Waals surface area contributed by atoms with E-state index < -0.39 is 4.92 Å². The summed E-state index contributed by atoms with van der Waals surface area (Å²) in [6, 6.07) is 5.93. The van der Waals surface area contributed by atoms with E-state index in [0.717, 1.165) is 0 Å². The molecule has 0 heterocycles. The summed E-state index contributed by atoms with van der Waals surface area (Å²) in [5.41, 5.74) is 0.0444. The van der Waals surface area contributed by atoms with Crippen LogP contribution in [0.2, 0.25) is 0 Å². The summed E-state index contributed by atoms with van der Waals surface area (Å²) in [6.07, 6.45) is 1.68. The summed E-state index contributed by atoms with van der Waals surface area (Å²) in [5, 5.41) is 10.4. The molecule has 0 bridgehead atoms. The van der Waals surface area contributed by atoms with Gasteiger partial charge in [0.2, 0.25) is 0 Å². The maximum absolute atomic E-state index is 10.4. The molecule has 6 nitrogen and oxygen atoms in total. The number of non-ortho nitro benzene ring substituents is 1. The van der Waals surface area contributed by atoms with Crippen LogP contribution in [0, 0.1) is 10.1 Å². The Morgan fingerprint density at radius 2 is 1.74 bits per heavy atom. The van der Waals surface area contributed by atoms with E-state index in [0.29, 0.717) is 38.8 Å². The number of nitro groups is 1. The van der Waals surface area contributed by atoms with Crippen LogP contribution in [0.5, 0.6) is 5.75 Å². The van der Waals surface area contributed by atoms with E-state index in [1.165, 1.54) is 12.1 Å². The van der Waals surface area contributed by atoms with Crippen LogP contribution in [0.1, 0.15) is 0 Å². The highest BCUT2D eigenvalue weighted by atomic mass is 16.6. The zero-order valence-electron chi connectivity index (χ0n) is 10.6. The summed E-state index contributed by atoms with van der Waals surface area (Å²) in [4.78, 5) is 10.00. The fraction of sp³-hybridized carbons (Fsp3) is 0.385. The highest BCUT2D eigenvalue weighted by Crippen LogP contribution is 2.16. The number of nitrogens with zero attached hydrogens (tertiary/aromatic N) is 1. The lowest BCUT2D eigenvalue weighted by Gasteiger charge is -2.07. The fourth-order valence-electron chi connectivity index (χ4n) is 1.27. The molecule has 0 N–H and O–H groups in total. The van der Waals surface area contributed by atoms with Gasteiger partial charge in [0.25, 0.3) is 5.69 Å². The number of nitro benzene ring substituents is 1. The normalized spacial score (nSPS) is 10.1. The number of hydrogen-bond acceptors (Lipinski definition) is 5. The van der Waals surface area contributed by atoms with Crippen LogP contribution in [-0.4, -0.2) is 38.0 Å². The van der Waals surface area contributed by atoms with Crippen molar-refractivity contribution in [2.45, 2.75) is 0 Å². The molecule has 0 aliphatic heterocycles. The van der Waals surface area contributed by atoms with Crippen LogP contribution < -0.4 is 4.74 Å². The molecular formula is C13H17NO5. The Labute approximate surface area is 111 Å². The Morgan fingerprint density at radius 3 is 2.37 bits per heavy atom. The van der Waals surface area contributed by atoms with Crippen molar-refractivity contribution in [2.75, 3.05) is 33.0 Å². The molecule has 0 atom stereocenters. The summed E-state index contributed by atoms with van der Waals surface area (Å²) < 4.78 is 15.8. The van der Waals surface area contributed by atoms with Gasteiger partial charge in [0, 0.05) is 12.1 Å². The number of ether oxygens (including phenoxy) is 3. The van der Waals surface area contributed by atoms with Gasteiger partial charge in [0.05, 0.1) is 31.4 Å². The van der Waals surface area contributed by atoms with E-state index in [1.54, 1.807) is 18.2 Å². The number of hydrogen-bond donors (Lipinski definition) is 0. The molecule has 0 aromatic heterocycles. The van der Waals surface area contributed by atoms with E-state index in [1.807, 2.05) is 0 Å². The first-order chi connectivity index (χ1) is 9.24. The molecule has 0 radical (unpaired) electrons. The summed E-state index contributed by atoms with van der Waals surface area (Å²) in [6.45, 7) is 5.89. The molecule has 0 unspecified atom stereocenters. The first-order valence-electron chi connectivity index (χ1n) is 5.87. The van der Waals surface area contributed by atoms with Gasteiger partial charge >= 0.3 is 0 Å². The lowest BCUT2D eigenvalue weighted by atomic mass is 10.3. The predicted octanol–water partition coefficient (Wildman–Crippen LogP) is 2.19. The average Bonchev–Trinajstić information content (AvgIpc) is 2.42. The Hall–Kier alpha value is -1.92. The lowest BCUT2D eigenvalue weighted by molar-refractivity contribution is -0.384. The van der Waals surface area contributed by atoms with Gasteiger partial charge < -0.3 is 14.2 Å². The zero-order chi connectivity index (χ0) is 13.9. The predicted molar refractivity (Wildman–Crippen MR) is 70.4 cm³/mol. The molecule has 0 saturated heterocycles.